The van der Waals surface area contributed by atoms with Gasteiger partial charge in [0.15, 0.2) is 0 Å². The maximum absolute atomic E-state index is 14.0. The molecule has 0 radical (unpaired) electrons. The number of hydrogen-bond acceptors (Lipinski definition) is 7. The van der Waals surface area contributed by atoms with Crippen LogP contribution < -0.4 is 5.43 Å². The molecule has 0 saturated carbocycles. The molecule has 4 amide bonds. The van der Waals surface area contributed by atoms with Gasteiger partial charge >= 0.3 is 18.3 Å². The van der Waals surface area contributed by atoms with Gasteiger partial charge in [-0.25, -0.2) is 29.7 Å². The molecule has 1 fully saturated rings. The molecule has 0 spiro atoms. The number of carbonyl (C=O) groups excluding carboxylic acids is 4. The maximum atomic E-state index is 14.0. The number of amides is 4. The first kappa shape index (κ1) is 29.1. The number of hydrazine groups is 1. The van der Waals surface area contributed by atoms with Crippen LogP contribution in [0, 0.1) is 5.92 Å². The fraction of sp³-hybridized carbons (Fsp3) is 0.290. The third-order valence-corrected chi connectivity index (χ3v) is 6.61. The van der Waals surface area contributed by atoms with Gasteiger partial charge in [-0.1, -0.05) is 105 Å². The summed E-state index contributed by atoms with van der Waals surface area (Å²) >= 11 is 0. The summed E-state index contributed by atoms with van der Waals surface area (Å²) < 4.78 is 16.1. The molecule has 1 aliphatic rings. The van der Waals surface area contributed by atoms with E-state index in [-0.39, 0.29) is 32.2 Å². The van der Waals surface area contributed by atoms with E-state index in [1.807, 2.05) is 32.0 Å². The fourth-order valence-electron chi connectivity index (χ4n) is 4.36. The lowest BCUT2D eigenvalue weighted by atomic mass is 10.0. The lowest BCUT2D eigenvalue weighted by molar-refractivity contribution is -0.136. The van der Waals surface area contributed by atoms with Crippen molar-refractivity contribution >= 4 is 24.2 Å². The number of rotatable bonds is 9. The SMILES string of the molecule is CC(C)[C@H]1COC(=O)N1C(=O)[C@H](Cc1ccccc1)N(NC(=O)OCc1ccccc1)C(=O)OCc1ccccc1. The van der Waals surface area contributed by atoms with E-state index in [9.17, 15) is 19.2 Å². The molecule has 10 nitrogen and oxygen atoms in total. The number of carbonyl (C=O) groups is 4. The molecule has 2 atom stereocenters. The highest BCUT2D eigenvalue weighted by Gasteiger charge is 2.45. The number of cyclic esters (lactones) is 1. The Balaban J connectivity index is 1.63. The van der Waals surface area contributed by atoms with Crippen molar-refractivity contribution in [2.24, 2.45) is 5.92 Å². The minimum absolute atomic E-state index is 0.0202. The van der Waals surface area contributed by atoms with Gasteiger partial charge in [0, 0.05) is 6.42 Å². The van der Waals surface area contributed by atoms with E-state index in [0.717, 1.165) is 15.5 Å². The van der Waals surface area contributed by atoms with Gasteiger partial charge in [0.25, 0.3) is 5.91 Å². The Hall–Kier alpha value is -4.86. The second kappa shape index (κ2) is 14.0. The van der Waals surface area contributed by atoms with Gasteiger partial charge in [0.05, 0.1) is 6.04 Å². The first-order chi connectivity index (χ1) is 19.8. The zero-order chi connectivity index (χ0) is 29.2. The lowest BCUT2D eigenvalue weighted by Crippen LogP contribution is -2.60. The van der Waals surface area contributed by atoms with Crippen LogP contribution in [0.4, 0.5) is 14.4 Å². The molecule has 214 valence electrons. The van der Waals surface area contributed by atoms with Gasteiger partial charge < -0.3 is 14.2 Å². The monoisotopic (exact) mass is 559 g/mol. The highest BCUT2D eigenvalue weighted by Crippen LogP contribution is 2.23. The smallest absolute Gasteiger partial charge is 0.429 e. The summed E-state index contributed by atoms with van der Waals surface area (Å²) in [5.74, 6) is -0.819. The second-order valence-corrected chi connectivity index (χ2v) is 9.89. The van der Waals surface area contributed by atoms with E-state index in [1.54, 1.807) is 72.8 Å². The average molecular weight is 560 g/mol. The summed E-state index contributed by atoms with van der Waals surface area (Å²) in [4.78, 5) is 54.2. The van der Waals surface area contributed by atoms with E-state index < -0.39 is 36.3 Å². The van der Waals surface area contributed by atoms with Crippen molar-refractivity contribution in [3.05, 3.63) is 108 Å². The van der Waals surface area contributed by atoms with Crippen LogP contribution in [0.25, 0.3) is 0 Å². The van der Waals surface area contributed by atoms with Gasteiger partial charge in [-0.05, 0) is 22.6 Å². The number of hydrogen-bond donors (Lipinski definition) is 1. The Morgan fingerprint density at radius 1 is 0.854 bits per heavy atom. The first-order valence-electron chi connectivity index (χ1n) is 13.3. The Labute approximate surface area is 238 Å². The van der Waals surface area contributed by atoms with Gasteiger partial charge in [-0.15, -0.1) is 0 Å². The highest BCUT2D eigenvalue weighted by atomic mass is 16.6. The molecule has 4 rings (SSSR count). The molecule has 1 saturated heterocycles. The molecule has 41 heavy (non-hydrogen) atoms. The van der Waals surface area contributed by atoms with Crippen molar-refractivity contribution in [2.75, 3.05) is 6.61 Å². The highest BCUT2D eigenvalue weighted by molar-refractivity contribution is 5.98. The van der Waals surface area contributed by atoms with Gasteiger partial charge in [-0.2, -0.15) is 0 Å². The molecule has 1 N–H and O–H groups in total. The number of nitrogens with zero attached hydrogens (tertiary/aromatic N) is 2. The second-order valence-electron chi connectivity index (χ2n) is 9.89. The van der Waals surface area contributed by atoms with Crippen LogP contribution >= 0.6 is 0 Å². The predicted octanol–water partition coefficient (Wildman–Crippen LogP) is 5.08. The predicted molar refractivity (Wildman–Crippen MR) is 149 cm³/mol. The Bertz CT molecular complexity index is 1320. The molecular formula is C31H33N3O7. The maximum Gasteiger partial charge on any atom is 0.429 e. The summed E-state index contributed by atoms with van der Waals surface area (Å²) in [6, 6.07) is 25.1. The first-order valence-corrected chi connectivity index (χ1v) is 13.3. The number of imide groups is 1. The molecule has 3 aromatic carbocycles. The number of benzene rings is 3. The van der Waals surface area contributed by atoms with E-state index in [4.69, 9.17) is 14.2 Å². The summed E-state index contributed by atoms with van der Waals surface area (Å²) in [6.45, 7) is 3.59. The van der Waals surface area contributed by atoms with Crippen molar-refractivity contribution in [1.82, 2.24) is 15.3 Å². The molecule has 3 aromatic rings. The molecule has 0 unspecified atom stereocenters. The number of ether oxygens (including phenoxy) is 3. The number of nitrogens with one attached hydrogen (secondary N) is 1. The third kappa shape index (κ3) is 7.84. The molecule has 1 heterocycles. The largest absolute Gasteiger partial charge is 0.447 e. The molecular weight excluding hydrogens is 526 g/mol. The van der Waals surface area contributed by atoms with Crippen LogP contribution in [0.1, 0.15) is 30.5 Å². The molecule has 0 aliphatic carbocycles. The van der Waals surface area contributed by atoms with Crippen LogP contribution in [0.5, 0.6) is 0 Å². The zero-order valence-corrected chi connectivity index (χ0v) is 23.0. The van der Waals surface area contributed by atoms with Crippen LogP contribution in [0.3, 0.4) is 0 Å². The minimum atomic E-state index is -1.35. The fourth-order valence-corrected chi connectivity index (χ4v) is 4.36. The van der Waals surface area contributed by atoms with E-state index in [1.165, 1.54) is 0 Å². The topological polar surface area (TPSA) is 114 Å². The Morgan fingerprint density at radius 2 is 1.37 bits per heavy atom. The summed E-state index contributed by atoms with van der Waals surface area (Å²) in [7, 11) is 0. The van der Waals surface area contributed by atoms with Crippen molar-refractivity contribution in [2.45, 2.75) is 45.6 Å². The molecule has 1 aliphatic heterocycles. The standard InChI is InChI=1S/C31H33N3O7/c1-22(2)27-21-41-30(37)33(27)28(35)26(18-23-12-6-3-7-13-23)34(31(38)40-20-25-16-10-5-11-17-25)32-29(36)39-19-24-14-8-4-9-15-24/h3-17,22,26-27H,18-21H2,1-2H3,(H,32,36)/t26-,27+/m0/s1. The van der Waals surface area contributed by atoms with Crippen molar-refractivity contribution in [3.63, 3.8) is 0 Å². The lowest BCUT2D eigenvalue weighted by Gasteiger charge is -2.33. The van der Waals surface area contributed by atoms with Gasteiger partial charge in [0.2, 0.25) is 0 Å². The summed E-state index contributed by atoms with van der Waals surface area (Å²) in [5.41, 5.74) is 4.54. The summed E-state index contributed by atoms with van der Waals surface area (Å²) in [5, 5.41) is 0.800. The molecule has 10 heteroatoms. The minimum Gasteiger partial charge on any atom is -0.447 e. The van der Waals surface area contributed by atoms with E-state index in [0.29, 0.717) is 11.1 Å². The molecule has 0 aromatic heterocycles. The van der Waals surface area contributed by atoms with Gasteiger partial charge in [-0.3, -0.25) is 4.79 Å². The Morgan fingerprint density at radius 3 is 1.90 bits per heavy atom. The summed E-state index contributed by atoms with van der Waals surface area (Å²) in [6.07, 6.45) is -2.79. The van der Waals surface area contributed by atoms with Crippen LogP contribution in [-0.4, -0.2) is 52.8 Å². The van der Waals surface area contributed by atoms with Gasteiger partial charge in [0.1, 0.15) is 25.9 Å². The van der Waals surface area contributed by atoms with E-state index in [2.05, 4.69) is 5.43 Å². The van der Waals surface area contributed by atoms with Crippen LogP contribution in [-0.2, 0) is 38.6 Å². The van der Waals surface area contributed by atoms with Crippen LogP contribution in [0.15, 0.2) is 91.0 Å². The third-order valence-electron chi connectivity index (χ3n) is 6.61. The normalized spacial score (nSPS) is 15.1. The molecule has 0 bridgehead atoms. The van der Waals surface area contributed by atoms with Crippen molar-refractivity contribution in [1.29, 1.82) is 0 Å². The average Bonchev–Trinajstić information content (AvgIpc) is 3.39. The van der Waals surface area contributed by atoms with Crippen molar-refractivity contribution in [3.8, 4) is 0 Å². The zero-order valence-electron chi connectivity index (χ0n) is 23.0. The van der Waals surface area contributed by atoms with E-state index >= 15 is 0 Å². The Kier molecular flexibility index (Phi) is 9.93. The van der Waals surface area contributed by atoms with Crippen molar-refractivity contribution < 1.29 is 33.4 Å². The quantitative estimate of drug-likeness (QED) is 0.287. The van der Waals surface area contributed by atoms with Crippen LogP contribution in [0.2, 0.25) is 0 Å².